The lowest BCUT2D eigenvalue weighted by atomic mass is 10.1. The fraction of sp³-hybridized carbons (Fsp3) is 0.440. The van der Waals surface area contributed by atoms with Gasteiger partial charge in [0, 0.05) is 13.0 Å². The molecule has 180 valence electrons. The van der Waals surface area contributed by atoms with E-state index in [0.29, 0.717) is 13.0 Å². The van der Waals surface area contributed by atoms with Gasteiger partial charge in [0.2, 0.25) is 5.91 Å². The quantitative estimate of drug-likeness (QED) is 0.144. The van der Waals surface area contributed by atoms with Crippen molar-refractivity contribution in [3.63, 3.8) is 0 Å². The molecule has 8 nitrogen and oxygen atoms in total. The normalized spacial score (nSPS) is 10.6. The second kappa shape index (κ2) is 13.9. The number of benzene rings is 2. The van der Waals surface area contributed by atoms with E-state index >= 15 is 0 Å². The number of aromatic hydroxyl groups is 2. The molecule has 33 heavy (non-hydrogen) atoms. The van der Waals surface area contributed by atoms with Crippen molar-refractivity contribution < 1.29 is 29.3 Å². The van der Waals surface area contributed by atoms with Crippen molar-refractivity contribution >= 4 is 17.6 Å². The van der Waals surface area contributed by atoms with E-state index in [4.69, 9.17) is 15.2 Å². The summed E-state index contributed by atoms with van der Waals surface area (Å²) in [6.07, 6.45) is 7.29. The van der Waals surface area contributed by atoms with Crippen LogP contribution >= 0.6 is 0 Å². The van der Waals surface area contributed by atoms with Crippen molar-refractivity contribution in [1.29, 1.82) is 0 Å². The van der Waals surface area contributed by atoms with Crippen LogP contribution in [0, 0.1) is 0 Å². The molecule has 0 saturated heterocycles. The van der Waals surface area contributed by atoms with Gasteiger partial charge in [0.15, 0.2) is 11.5 Å². The van der Waals surface area contributed by atoms with Crippen LogP contribution < -0.4 is 15.8 Å². The first-order chi connectivity index (χ1) is 15.9. The SMILES string of the molecule is CCCCCCCCC(=O)NCc1ccc(O)c(OCCOC(=O)c2ccc(O)c(N)c2)c1. The summed E-state index contributed by atoms with van der Waals surface area (Å²) in [6.45, 7) is 2.50. The minimum absolute atomic E-state index is 0.00261. The number of esters is 1. The maximum atomic E-state index is 12.0. The highest BCUT2D eigenvalue weighted by molar-refractivity contribution is 5.91. The van der Waals surface area contributed by atoms with Gasteiger partial charge in [-0.2, -0.15) is 0 Å². The monoisotopic (exact) mass is 458 g/mol. The summed E-state index contributed by atoms with van der Waals surface area (Å²) in [5.41, 5.74) is 6.66. The van der Waals surface area contributed by atoms with Gasteiger partial charge in [-0.25, -0.2) is 4.79 Å². The number of phenols is 2. The third kappa shape index (κ3) is 9.31. The molecule has 2 aromatic rings. The van der Waals surface area contributed by atoms with E-state index in [9.17, 15) is 19.8 Å². The van der Waals surface area contributed by atoms with Gasteiger partial charge in [-0.15, -0.1) is 0 Å². The van der Waals surface area contributed by atoms with E-state index in [2.05, 4.69) is 12.2 Å². The summed E-state index contributed by atoms with van der Waals surface area (Å²) >= 11 is 0. The molecule has 2 rings (SSSR count). The first kappa shape index (κ1) is 25.8. The Morgan fingerprint density at radius 3 is 2.42 bits per heavy atom. The van der Waals surface area contributed by atoms with Gasteiger partial charge in [-0.1, -0.05) is 45.1 Å². The van der Waals surface area contributed by atoms with E-state index in [1.165, 1.54) is 43.5 Å². The van der Waals surface area contributed by atoms with Crippen LogP contribution in [-0.2, 0) is 16.1 Å². The second-order valence-corrected chi connectivity index (χ2v) is 7.85. The van der Waals surface area contributed by atoms with Crippen LogP contribution in [0.15, 0.2) is 36.4 Å². The van der Waals surface area contributed by atoms with Gasteiger partial charge in [0.1, 0.15) is 19.0 Å². The molecule has 0 fully saturated rings. The smallest absolute Gasteiger partial charge is 0.338 e. The zero-order chi connectivity index (χ0) is 24.1. The number of amides is 1. The summed E-state index contributed by atoms with van der Waals surface area (Å²) in [5.74, 6) is -0.514. The molecule has 0 spiro atoms. The molecule has 5 N–H and O–H groups in total. The average molecular weight is 459 g/mol. The Morgan fingerprint density at radius 1 is 0.939 bits per heavy atom. The van der Waals surface area contributed by atoms with Crippen LogP contribution in [0.25, 0.3) is 0 Å². The number of rotatable bonds is 14. The molecule has 0 aliphatic rings. The molecule has 0 saturated carbocycles. The number of nitrogens with two attached hydrogens (primary N) is 1. The number of phenolic OH excluding ortho intramolecular Hbond substituents is 2. The minimum Gasteiger partial charge on any atom is -0.506 e. The summed E-state index contributed by atoms with van der Waals surface area (Å²) in [7, 11) is 0. The number of hydrogen-bond acceptors (Lipinski definition) is 7. The predicted octanol–water partition coefficient (Wildman–Crippen LogP) is 4.28. The second-order valence-electron chi connectivity index (χ2n) is 7.85. The van der Waals surface area contributed by atoms with Gasteiger partial charge in [0.05, 0.1) is 11.3 Å². The molecule has 1 amide bonds. The lowest BCUT2D eigenvalue weighted by Gasteiger charge is -2.11. The van der Waals surface area contributed by atoms with Crippen LogP contribution in [-0.4, -0.2) is 35.3 Å². The molecule has 0 aromatic heterocycles. The zero-order valence-corrected chi connectivity index (χ0v) is 19.1. The molecule has 8 heteroatoms. The highest BCUT2D eigenvalue weighted by Gasteiger charge is 2.10. The number of nitrogens with one attached hydrogen (secondary N) is 1. The van der Waals surface area contributed by atoms with Crippen LogP contribution in [0.2, 0.25) is 0 Å². The van der Waals surface area contributed by atoms with E-state index in [1.54, 1.807) is 12.1 Å². The van der Waals surface area contributed by atoms with E-state index in [1.807, 2.05) is 0 Å². The summed E-state index contributed by atoms with van der Waals surface area (Å²) < 4.78 is 10.6. The third-order valence-electron chi connectivity index (χ3n) is 5.11. The van der Waals surface area contributed by atoms with Crippen LogP contribution in [0.5, 0.6) is 17.2 Å². The fourth-order valence-corrected chi connectivity index (χ4v) is 3.19. The van der Waals surface area contributed by atoms with Crippen LogP contribution in [0.4, 0.5) is 5.69 Å². The first-order valence-corrected chi connectivity index (χ1v) is 11.4. The Labute approximate surface area is 194 Å². The maximum absolute atomic E-state index is 12.0. The fourth-order valence-electron chi connectivity index (χ4n) is 3.19. The van der Waals surface area contributed by atoms with E-state index in [-0.39, 0.29) is 47.6 Å². The van der Waals surface area contributed by atoms with Gasteiger partial charge in [-0.3, -0.25) is 4.79 Å². The molecule has 0 aliphatic carbocycles. The van der Waals surface area contributed by atoms with Crippen LogP contribution in [0.3, 0.4) is 0 Å². The number of carbonyl (C=O) groups is 2. The molecule has 0 atom stereocenters. The van der Waals surface area contributed by atoms with Crippen molar-refractivity contribution in [1.82, 2.24) is 5.32 Å². The average Bonchev–Trinajstić information content (AvgIpc) is 2.80. The Balaban J connectivity index is 1.71. The summed E-state index contributed by atoms with van der Waals surface area (Å²) in [4.78, 5) is 24.1. The van der Waals surface area contributed by atoms with Crippen molar-refractivity contribution in [3.05, 3.63) is 47.5 Å². The summed E-state index contributed by atoms with van der Waals surface area (Å²) in [6, 6.07) is 8.90. The van der Waals surface area contributed by atoms with Gasteiger partial charge in [0.25, 0.3) is 0 Å². The van der Waals surface area contributed by atoms with E-state index < -0.39 is 5.97 Å². The van der Waals surface area contributed by atoms with Crippen molar-refractivity contribution in [2.45, 2.75) is 58.4 Å². The molecule has 0 radical (unpaired) electrons. The van der Waals surface area contributed by atoms with Crippen LogP contribution in [0.1, 0.15) is 67.8 Å². The first-order valence-electron chi connectivity index (χ1n) is 11.4. The number of unbranched alkanes of at least 4 members (excludes halogenated alkanes) is 5. The van der Waals surface area contributed by atoms with Crippen molar-refractivity contribution in [3.8, 4) is 17.2 Å². The predicted molar refractivity (Wildman–Crippen MR) is 126 cm³/mol. The molecule has 2 aromatic carbocycles. The number of ether oxygens (including phenoxy) is 2. The maximum Gasteiger partial charge on any atom is 0.338 e. The molecule has 0 heterocycles. The number of nitrogen functional groups attached to an aromatic ring is 1. The van der Waals surface area contributed by atoms with E-state index in [0.717, 1.165) is 24.8 Å². The molecule has 0 bridgehead atoms. The van der Waals surface area contributed by atoms with Crippen molar-refractivity contribution in [2.75, 3.05) is 18.9 Å². The lowest BCUT2D eigenvalue weighted by Crippen LogP contribution is -2.22. The van der Waals surface area contributed by atoms with Gasteiger partial charge < -0.3 is 30.7 Å². The Kier molecular flexibility index (Phi) is 10.9. The standard InChI is InChI=1S/C25H34N2O6/c1-2-3-4-5-6-7-8-24(30)27-17-18-9-11-22(29)23(15-18)32-13-14-33-25(31)19-10-12-21(28)20(26)16-19/h9-12,15-16,28-29H,2-8,13-14,17,26H2,1H3,(H,27,30). The minimum atomic E-state index is -0.601. The molecular formula is C25H34N2O6. The molecule has 0 aliphatic heterocycles. The van der Waals surface area contributed by atoms with Gasteiger partial charge in [-0.05, 0) is 42.3 Å². The molecular weight excluding hydrogens is 424 g/mol. The highest BCUT2D eigenvalue weighted by Crippen LogP contribution is 2.27. The number of anilines is 1. The Bertz CT molecular complexity index is 916. The van der Waals surface area contributed by atoms with Gasteiger partial charge >= 0.3 is 5.97 Å². The topological polar surface area (TPSA) is 131 Å². The van der Waals surface area contributed by atoms with Crippen molar-refractivity contribution in [2.24, 2.45) is 0 Å². The highest BCUT2D eigenvalue weighted by atomic mass is 16.6. The Morgan fingerprint density at radius 2 is 1.67 bits per heavy atom. The number of hydrogen-bond donors (Lipinski definition) is 4. The largest absolute Gasteiger partial charge is 0.506 e. The zero-order valence-electron chi connectivity index (χ0n) is 19.1. The summed E-state index contributed by atoms with van der Waals surface area (Å²) in [5, 5.41) is 22.3. The third-order valence-corrected chi connectivity index (χ3v) is 5.11. The lowest BCUT2D eigenvalue weighted by molar-refractivity contribution is -0.121. The molecule has 0 unspecified atom stereocenters. The Hall–Kier alpha value is -3.42. The number of carbonyl (C=O) groups excluding carboxylic acids is 2.